The summed E-state index contributed by atoms with van der Waals surface area (Å²) in [5, 5.41) is 4.77. The molecule has 0 N–H and O–H groups in total. The van der Waals surface area contributed by atoms with Gasteiger partial charge in [-0.05, 0) is 97.3 Å². The van der Waals surface area contributed by atoms with Crippen molar-refractivity contribution in [1.29, 1.82) is 0 Å². The van der Waals surface area contributed by atoms with Gasteiger partial charge in [-0.1, -0.05) is 175 Å². The standard InChI is InChI=1S/C45H64Si/c1-14-15-17-35-18-16-19-45(35)46(42-23-36(29(2)3)20-37(24-42)30(4)5,43-25-38(31(6)7)21-39(26-43)32(8)9)44-27-40(33(10)11)22-41(28-44)34(12)13/h16,18-34,45H,14-15,17H2,1-13H3. The fourth-order valence-electron chi connectivity index (χ4n) is 7.31. The summed E-state index contributed by atoms with van der Waals surface area (Å²) in [6.45, 7) is 30.9. The van der Waals surface area contributed by atoms with E-state index in [0.29, 0.717) is 41.0 Å². The molecule has 1 aliphatic rings. The summed E-state index contributed by atoms with van der Waals surface area (Å²) in [6.07, 6.45) is 11.1. The van der Waals surface area contributed by atoms with Crippen LogP contribution in [0.4, 0.5) is 0 Å². The van der Waals surface area contributed by atoms with E-state index in [1.165, 1.54) is 52.6 Å². The highest BCUT2D eigenvalue weighted by Crippen LogP contribution is 2.40. The van der Waals surface area contributed by atoms with Crippen LogP contribution in [0.3, 0.4) is 0 Å². The lowest BCUT2D eigenvalue weighted by Crippen LogP contribution is -2.70. The molecule has 0 nitrogen and oxygen atoms in total. The van der Waals surface area contributed by atoms with Gasteiger partial charge >= 0.3 is 0 Å². The molecule has 3 aromatic rings. The molecule has 46 heavy (non-hydrogen) atoms. The summed E-state index contributed by atoms with van der Waals surface area (Å²) in [4.78, 5) is 0. The van der Waals surface area contributed by atoms with Crippen molar-refractivity contribution < 1.29 is 0 Å². The number of rotatable bonds is 13. The van der Waals surface area contributed by atoms with Crippen LogP contribution in [0.1, 0.15) is 178 Å². The summed E-state index contributed by atoms with van der Waals surface area (Å²) >= 11 is 0. The number of hydrogen-bond donors (Lipinski definition) is 0. The Morgan fingerprint density at radius 1 is 0.478 bits per heavy atom. The predicted octanol–water partition coefficient (Wildman–Crippen LogP) is 12.0. The van der Waals surface area contributed by atoms with Crippen LogP contribution in [0, 0.1) is 0 Å². The molecule has 1 atom stereocenters. The zero-order valence-corrected chi connectivity index (χ0v) is 32.6. The second-order valence-electron chi connectivity index (χ2n) is 16.1. The average molecular weight is 633 g/mol. The summed E-state index contributed by atoms with van der Waals surface area (Å²) < 4.78 is 0. The van der Waals surface area contributed by atoms with E-state index < -0.39 is 8.07 Å². The van der Waals surface area contributed by atoms with Gasteiger partial charge < -0.3 is 0 Å². The molecule has 3 aromatic carbocycles. The minimum Gasteiger partial charge on any atom is -0.0790 e. The lowest BCUT2D eigenvalue weighted by atomic mass is 9.95. The summed E-state index contributed by atoms with van der Waals surface area (Å²) in [7, 11) is -2.72. The van der Waals surface area contributed by atoms with Crippen LogP contribution in [-0.4, -0.2) is 8.07 Å². The van der Waals surface area contributed by atoms with Crippen molar-refractivity contribution in [2.45, 2.75) is 150 Å². The van der Waals surface area contributed by atoms with Gasteiger partial charge in [0, 0.05) is 5.54 Å². The molecular weight excluding hydrogens is 569 g/mol. The molecule has 1 heteroatoms. The van der Waals surface area contributed by atoms with Gasteiger partial charge in [-0.15, -0.1) is 0 Å². The molecule has 0 aromatic heterocycles. The van der Waals surface area contributed by atoms with Crippen LogP contribution in [0.5, 0.6) is 0 Å². The van der Waals surface area contributed by atoms with Crippen molar-refractivity contribution in [3.8, 4) is 0 Å². The third-order valence-electron chi connectivity index (χ3n) is 10.6. The molecule has 4 rings (SSSR count). The largest absolute Gasteiger partial charge is 0.159 e. The quantitative estimate of drug-likeness (QED) is 0.130. The van der Waals surface area contributed by atoms with Crippen molar-refractivity contribution in [1.82, 2.24) is 0 Å². The maximum absolute atomic E-state index is 2.72. The maximum atomic E-state index is 2.65. The molecule has 0 aliphatic heterocycles. The minimum absolute atomic E-state index is 0.381. The molecule has 0 saturated carbocycles. The van der Waals surface area contributed by atoms with Crippen molar-refractivity contribution in [2.75, 3.05) is 0 Å². The van der Waals surface area contributed by atoms with Crippen LogP contribution in [0.15, 0.2) is 78.4 Å². The molecule has 0 saturated heterocycles. The molecule has 0 amide bonds. The SMILES string of the molecule is CCCCC1=CC=CC1[Si](c1cc(C(C)C)cc(C(C)C)c1)(c1cc(C(C)C)cc(C(C)C)c1)c1cc(C(C)C)cc(C(C)C)c1. The Labute approximate surface area is 284 Å². The normalized spacial score (nSPS) is 15.5. The number of allylic oxidation sites excluding steroid dienone is 4. The molecule has 0 spiro atoms. The first-order chi connectivity index (χ1) is 21.7. The zero-order valence-electron chi connectivity index (χ0n) is 31.6. The second kappa shape index (κ2) is 15.1. The van der Waals surface area contributed by atoms with Gasteiger partial charge in [-0.25, -0.2) is 0 Å². The van der Waals surface area contributed by atoms with Gasteiger partial charge in [0.05, 0.1) is 0 Å². The van der Waals surface area contributed by atoms with E-state index in [0.717, 1.165) is 0 Å². The highest BCUT2D eigenvalue weighted by atomic mass is 28.3. The first-order valence-corrected chi connectivity index (χ1v) is 20.6. The molecule has 0 heterocycles. The first-order valence-electron chi connectivity index (χ1n) is 18.5. The van der Waals surface area contributed by atoms with Crippen LogP contribution >= 0.6 is 0 Å². The lowest BCUT2D eigenvalue weighted by Gasteiger charge is -2.42. The molecule has 248 valence electrons. The topological polar surface area (TPSA) is 0 Å². The van der Waals surface area contributed by atoms with Gasteiger partial charge in [0.1, 0.15) is 0 Å². The van der Waals surface area contributed by atoms with Crippen LogP contribution < -0.4 is 15.6 Å². The van der Waals surface area contributed by atoms with E-state index in [1.807, 2.05) is 0 Å². The Kier molecular flexibility index (Phi) is 11.9. The number of benzene rings is 3. The fourth-order valence-corrected chi connectivity index (χ4v) is 13.0. The highest BCUT2D eigenvalue weighted by molar-refractivity contribution is 7.13. The van der Waals surface area contributed by atoms with E-state index in [1.54, 1.807) is 21.1 Å². The van der Waals surface area contributed by atoms with Crippen LogP contribution in [0.2, 0.25) is 5.54 Å². The van der Waals surface area contributed by atoms with E-state index in [9.17, 15) is 0 Å². The third kappa shape index (κ3) is 7.41. The van der Waals surface area contributed by atoms with Gasteiger partial charge in [0.25, 0.3) is 0 Å². The molecule has 0 fully saturated rings. The summed E-state index contributed by atoms with van der Waals surface area (Å²) in [6, 6.07) is 23.4. The van der Waals surface area contributed by atoms with Crippen molar-refractivity contribution in [3.05, 3.63) is 112 Å². The van der Waals surface area contributed by atoms with Gasteiger partial charge in [0.15, 0.2) is 8.07 Å². The molecule has 1 aliphatic carbocycles. The first kappa shape index (κ1) is 36.2. The van der Waals surface area contributed by atoms with E-state index in [2.05, 4.69) is 163 Å². The van der Waals surface area contributed by atoms with Gasteiger partial charge in [-0.3, -0.25) is 0 Å². The summed E-state index contributed by atoms with van der Waals surface area (Å²) in [5.74, 6) is 2.83. The predicted molar refractivity (Wildman–Crippen MR) is 209 cm³/mol. The monoisotopic (exact) mass is 632 g/mol. The van der Waals surface area contributed by atoms with E-state index >= 15 is 0 Å². The van der Waals surface area contributed by atoms with Crippen molar-refractivity contribution in [3.63, 3.8) is 0 Å². The smallest absolute Gasteiger partial charge is 0.0790 e. The summed E-state index contributed by atoms with van der Waals surface area (Å²) in [5.41, 5.74) is 10.9. The second-order valence-corrected chi connectivity index (χ2v) is 20.1. The number of unbranched alkanes of at least 4 members (excludes halogenated alkanes) is 1. The van der Waals surface area contributed by atoms with Crippen LogP contribution in [-0.2, 0) is 0 Å². The molecular formula is C45H64Si. The van der Waals surface area contributed by atoms with Crippen molar-refractivity contribution in [2.24, 2.45) is 0 Å². The fraction of sp³-hybridized carbons (Fsp3) is 0.511. The maximum Gasteiger partial charge on any atom is 0.159 e. The Balaban J connectivity index is 2.32. The third-order valence-corrected chi connectivity index (χ3v) is 15.7. The van der Waals surface area contributed by atoms with E-state index in [4.69, 9.17) is 0 Å². The Hall–Kier alpha value is -2.64. The average Bonchev–Trinajstić information content (AvgIpc) is 3.48. The van der Waals surface area contributed by atoms with E-state index in [-0.39, 0.29) is 0 Å². The lowest BCUT2D eigenvalue weighted by molar-refractivity contribution is 0.776. The number of hydrogen-bond acceptors (Lipinski definition) is 0. The molecule has 1 unspecified atom stereocenters. The van der Waals surface area contributed by atoms with Crippen molar-refractivity contribution >= 4 is 23.6 Å². The van der Waals surface area contributed by atoms with Gasteiger partial charge in [0.2, 0.25) is 0 Å². The van der Waals surface area contributed by atoms with Gasteiger partial charge in [-0.2, -0.15) is 0 Å². The Morgan fingerprint density at radius 2 is 0.783 bits per heavy atom. The highest BCUT2D eigenvalue weighted by Gasteiger charge is 2.48. The molecule has 0 radical (unpaired) electrons. The molecule has 0 bridgehead atoms. The van der Waals surface area contributed by atoms with Crippen LogP contribution in [0.25, 0.3) is 0 Å². The Bertz CT molecular complexity index is 1310. The minimum atomic E-state index is -2.72. The Morgan fingerprint density at radius 3 is 1.04 bits per heavy atom. The zero-order chi connectivity index (χ0) is 33.9.